The number of hydrogen-bond acceptors (Lipinski definition) is 6. The lowest BCUT2D eigenvalue weighted by Gasteiger charge is -2.48. The van der Waals surface area contributed by atoms with E-state index in [0.29, 0.717) is 43.5 Å². The second kappa shape index (κ2) is 10.7. The Bertz CT molecular complexity index is 1540. The molecule has 5 aliphatic rings. The van der Waals surface area contributed by atoms with Crippen LogP contribution in [0.5, 0.6) is 5.75 Å². The van der Waals surface area contributed by atoms with Gasteiger partial charge in [-0.15, -0.1) is 0 Å². The van der Waals surface area contributed by atoms with Crippen LogP contribution in [0.15, 0.2) is 48.6 Å². The smallest absolute Gasteiger partial charge is 0.174 e. The predicted molar refractivity (Wildman–Crippen MR) is 169 cm³/mol. The molecule has 224 valence electrons. The third-order valence-electron chi connectivity index (χ3n) is 10.4. The molecule has 1 unspecified atom stereocenters. The highest BCUT2D eigenvalue weighted by Crippen LogP contribution is 2.48. The van der Waals surface area contributed by atoms with E-state index in [4.69, 9.17) is 21.1 Å². The first kappa shape index (κ1) is 28.5. The van der Waals surface area contributed by atoms with Gasteiger partial charge in [0.15, 0.2) is 5.78 Å². The van der Waals surface area contributed by atoms with E-state index in [1.165, 1.54) is 11.1 Å². The molecule has 1 saturated carbocycles. The summed E-state index contributed by atoms with van der Waals surface area (Å²) in [6.07, 6.45) is 9.83. The van der Waals surface area contributed by atoms with Gasteiger partial charge in [-0.05, 0) is 101 Å². The van der Waals surface area contributed by atoms with Gasteiger partial charge in [0.2, 0.25) is 0 Å². The van der Waals surface area contributed by atoms with Crippen molar-refractivity contribution < 1.29 is 23.6 Å². The molecule has 1 N–H and O–H groups in total. The summed E-state index contributed by atoms with van der Waals surface area (Å²) in [4.78, 5) is 15.9. The van der Waals surface area contributed by atoms with Crippen molar-refractivity contribution in [3.63, 3.8) is 0 Å². The van der Waals surface area contributed by atoms with Gasteiger partial charge in [0.1, 0.15) is 5.75 Å². The van der Waals surface area contributed by atoms with E-state index >= 15 is 0 Å². The van der Waals surface area contributed by atoms with E-state index in [1.807, 2.05) is 18.2 Å². The lowest BCUT2D eigenvalue weighted by atomic mass is 9.66. The molecule has 7 rings (SSSR count). The first-order valence-corrected chi connectivity index (χ1v) is 17.7. The van der Waals surface area contributed by atoms with Crippen molar-refractivity contribution >= 4 is 38.5 Å². The molecule has 4 bridgehead atoms. The van der Waals surface area contributed by atoms with Gasteiger partial charge in [-0.3, -0.25) is 9.00 Å². The highest BCUT2D eigenvalue weighted by Gasteiger charge is 2.46. The molecule has 0 amide bonds. The summed E-state index contributed by atoms with van der Waals surface area (Å²) in [6, 6.07) is 11.9. The molecule has 2 fully saturated rings. The molecular formula is C34H40ClNO5S. The van der Waals surface area contributed by atoms with E-state index < -0.39 is 15.1 Å². The van der Waals surface area contributed by atoms with E-state index in [9.17, 15) is 14.1 Å². The van der Waals surface area contributed by atoms with Gasteiger partial charge in [-0.25, -0.2) is 0 Å². The standard InChI is InChI=1S/C34H40ClNO5S/c1-42(39)15-3-12-34(38)13-14-40-32(18-34)27-8-5-25(27)19-36-21-33(11-2-4-23-16-26(35)7-9-28(23)33)22-41-31-10-6-24(17-29(31)36)30(37)20-42/h3,6-7,9-10,12,16-17,25,27,32,38H,1-2,4-5,8,11,13-15,18-22H2/b12-3-/t25-,27+,32+,33-,34-,42?/m0/s1. The second-order valence-corrected chi connectivity index (χ2v) is 16.3. The molecule has 42 heavy (non-hydrogen) atoms. The molecule has 8 heteroatoms. The number of rotatable bonds is 0. The first-order chi connectivity index (χ1) is 20.1. The number of carbonyl (C=O) groups excluding carboxylic acids is 1. The summed E-state index contributed by atoms with van der Waals surface area (Å²) >= 11 is 6.42. The fourth-order valence-corrected chi connectivity index (χ4v) is 9.43. The molecule has 0 aromatic heterocycles. The number of Topliss-reactive ketones (excluding diaryl/α,β-unsaturated/α-hetero) is 1. The van der Waals surface area contributed by atoms with Crippen LogP contribution in [-0.2, 0) is 26.1 Å². The Kier molecular flexibility index (Phi) is 7.24. The number of hydrogen-bond donors (Lipinski definition) is 1. The number of benzene rings is 2. The molecule has 1 saturated heterocycles. The molecule has 3 heterocycles. The minimum atomic E-state index is -2.71. The van der Waals surface area contributed by atoms with E-state index in [0.717, 1.165) is 61.7 Å². The number of anilines is 1. The zero-order valence-electron chi connectivity index (χ0n) is 24.1. The van der Waals surface area contributed by atoms with Gasteiger partial charge in [0, 0.05) is 47.7 Å². The van der Waals surface area contributed by atoms with Crippen LogP contribution in [0.1, 0.15) is 60.0 Å². The van der Waals surface area contributed by atoms with Crippen LogP contribution >= 0.6 is 11.6 Å². The van der Waals surface area contributed by atoms with Crippen LogP contribution in [-0.4, -0.2) is 70.5 Å². The monoisotopic (exact) mass is 609 g/mol. The molecule has 0 radical (unpaired) electrons. The SMILES string of the molecule is C=S1(=O)C/C=C\[C@]2(O)CCO[C@H](C2)[C@@H]2CC[C@H]2CN2C[C@@]3(CCCc4cc(Cl)ccc43)COc3ccc(cc32)C(=O)C1. The van der Waals surface area contributed by atoms with Crippen LogP contribution in [0.3, 0.4) is 0 Å². The predicted octanol–water partition coefficient (Wildman–Crippen LogP) is 5.22. The molecule has 2 aromatic carbocycles. The lowest BCUT2D eigenvalue weighted by Crippen LogP contribution is -2.52. The van der Waals surface area contributed by atoms with Crippen molar-refractivity contribution in [3.05, 3.63) is 70.3 Å². The second-order valence-electron chi connectivity index (χ2n) is 13.4. The average molecular weight is 610 g/mol. The minimum absolute atomic E-state index is 0.0220. The molecule has 1 spiro atoms. The van der Waals surface area contributed by atoms with Crippen LogP contribution < -0.4 is 9.64 Å². The number of carbonyl (C=O) groups is 1. The largest absolute Gasteiger partial charge is 0.490 e. The highest BCUT2D eigenvalue weighted by molar-refractivity contribution is 8.01. The van der Waals surface area contributed by atoms with Crippen molar-refractivity contribution in [1.29, 1.82) is 0 Å². The maximum atomic E-state index is 13.5. The molecule has 3 aliphatic heterocycles. The number of aliphatic hydroxyl groups is 1. The van der Waals surface area contributed by atoms with Crippen LogP contribution in [0.2, 0.25) is 5.02 Å². The van der Waals surface area contributed by atoms with Gasteiger partial charge < -0.3 is 19.5 Å². The van der Waals surface area contributed by atoms with Crippen molar-refractivity contribution in [3.8, 4) is 5.75 Å². The third-order valence-corrected chi connectivity index (χ3v) is 12.2. The summed E-state index contributed by atoms with van der Waals surface area (Å²) in [7, 11) is -2.71. The first-order valence-electron chi connectivity index (χ1n) is 15.3. The van der Waals surface area contributed by atoms with Crippen LogP contribution in [0.4, 0.5) is 5.69 Å². The average Bonchev–Trinajstić information content (AvgIpc) is 3.07. The summed E-state index contributed by atoms with van der Waals surface area (Å²) in [5.74, 6) is 5.30. The van der Waals surface area contributed by atoms with Gasteiger partial charge in [-0.1, -0.05) is 29.8 Å². The number of fused-ring (bicyclic) bond motifs is 7. The van der Waals surface area contributed by atoms with Crippen LogP contribution in [0, 0.1) is 11.8 Å². The summed E-state index contributed by atoms with van der Waals surface area (Å²) in [5, 5.41) is 12.2. The van der Waals surface area contributed by atoms with Crippen molar-refractivity contribution in [2.75, 3.05) is 42.7 Å². The Balaban J connectivity index is 1.30. The van der Waals surface area contributed by atoms with Crippen molar-refractivity contribution in [2.24, 2.45) is 11.8 Å². The Labute approximate surface area is 254 Å². The maximum Gasteiger partial charge on any atom is 0.174 e. The van der Waals surface area contributed by atoms with Gasteiger partial charge in [0.05, 0.1) is 36.4 Å². The number of ketones is 1. The molecule has 2 aromatic rings. The quantitative estimate of drug-likeness (QED) is 0.326. The Hall–Kier alpha value is -2.32. The number of halogens is 1. The summed E-state index contributed by atoms with van der Waals surface area (Å²) < 4.78 is 26.3. The Morgan fingerprint density at radius 2 is 2.02 bits per heavy atom. The molecule has 6 nitrogen and oxygen atoms in total. The fraction of sp³-hybridized carbons (Fsp3) is 0.529. The zero-order valence-corrected chi connectivity index (χ0v) is 25.6. The molecule has 2 aliphatic carbocycles. The Morgan fingerprint density at radius 3 is 2.86 bits per heavy atom. The van der Waals surface area contributed by atoms with E-state index in [-0.39, 0.29) is 28.8 Å². The number of nitrogens with zero attached hydrogens (tertiary/aromatic N) is 1. The van der Waals surface area contributed by atoms with E-state index in [1.54, 1.807) is 18.2 Å². The summed E-state index contributed by atoms with van der Waals surface area (Å²) in [6.45, 7) is 2.66. The molecule has 6 atom stereocenters. The maximum absolute atomic E-state index is 13.5. The minimum Gasteiger partial charge on any atom is -0.490 e. The van der Waals surface area contributed by atoms with Gasteiger partial charge in [-0.2, -0.15) is 0 Å². The zero-order chi connectivity index (χ0) is 29.1. The van der Waals surface area contributed by atoms with E-state index in [2.05, 4.69) is 22.9 Å². The van der Waals surface area contributed by atoms with Crippen molar-refractivity contribution in [1.82, 2.24) is 0 Å². The van der Waals surface area contributed by atoms with Gasteiger partial charge >= 0.3 is 0 Å². The van der Waals surface area contributed by atoms with Crippen molar-refractivity contribution in [2.45, 2.75) is 62.1 Å². The topological polar surface area (TPSA) is 76.1 Å². The number of ether oxygens (including phenoxy) is 2. The highest BCUT2D eigenvalue weighted by atomic mass is 35.5. The van der Waals surface area contributed by atoms with Gasteiger partial charge in [0.25, 0.3) is 0 Å². The van der Waals surface area contributed by atoms with Crippen LogP contribution in [0.25, 0.3) is 0 Å². The summed E-state index contributed by atoms with van der Waals surface area (Å²) in [5.41, 5.74) is 2.87. The fourth-order valence-electron chi connectivity index (χ4n) is 8.03. The normalized spacial score (nSPS) is 37.0. The third kappa shape index (κ3) is 5.31. The lowest BCUT2D eigenvalue weighted by molar-refractivity contribution is -0.125. The molecular weight excluding hydrogens is 570 g/mol. The Morgan fingerprint density at radius 1 is 1.14 bits per heavy atom. The number of aryl methyl sites for hydroxylation is 1.